The second kappa shape index (κ2) is 11.2. The van der Waals surface area contributed by atoms with Crippen LogP contribution < -0.4 is 4.90 Å². The summed E-state index contributed by atoms with van der Waals surface area (Å²) in [6.07, 6.45) is 0. The van der Waals surface area contributed by atoms with Crippen LogP contribution in [0.5, 0.6) is 0 Å². The second-order valence-corrected chi connectivity index (χ2v) is 14.9. The Balaban J connectivity index is 1.25. The first-order valence-corrected chi connectivity index (χ1v) is 18.4. The Kier molecular flexibility index (Phi) is 6.33. The predicted molar refractivity (Wildman–Crippen MR) is 224 cm³/mol. The quantitative estimate of drug-likeness (QED) is 0.184. The van der Waals surface area contributed by atoms with E-state index in [9.17, 15) is 0 Å². The number of furan rings is 1. The summed E-state index contributed by atoms with van der Waals surface area (Å²) in [5, 5.41) is 9.68. The first-order valence-electron chi connectivity index (χ1n) is 18.4. The largest absolute Gasteiger partial charge is 0.456 e. The maximum Gasteiger partial charge on any atom is 0.137 e. The third-order valence-corrected chi connectivity index (χ3v) is 11.6. The van der Waals surface area contributed by atoms with E-state index in [2.05, 4.69) is 189 Å². The van der Waals surface area contributed by atoms with E-state index in [1.807, 2.05) is 6.07 Å². The maximum atomic E-state index is 6.56. The van der Waals surface area contributed by atoms with E-state index in [0.717, 1.165) is 33.3 Å². The Bertz CT molecular complexity index is 3100. The third-order valence-electron chi connectivity index (χ3n) is 11.6. The molecule has 9 aromatic carbocycles. The van der Waals surface area contributed by atoms with Gasteiger partial charge >= 0.3 is 0 Å². The molecular weight excluding hydrogens is 643 g/mol. The lowest BCUT2D eigenvalue weighted by Crippen LogP contribution is -2.21. The fraction of sp³-hybridized carbons (Fsp3) is 0.0588. The molecule has 0 fully saturated rings. The number of nitrogens with zero attached hydrogens (tertiary/aromatic N) is 1. The van der Waals surface area contributed by atoms with Gasteiger partial charge in [0.25, 0.3) is 0 Å². The van der Waals surface area contributed by atoms with E-state index in [0.29, 0.717) is 0 Å². The molecule has 0 radical (unpaired) electrons. The summed E-state index contributed by atoms with van der Waals surface area (Å²) in [6, 6.07) is 64.3. The lowest BCUT2D eigenvalue weighted by atomic mass is 9.80. The molecule has 1 aromatic heterocycles. The Morgan fingerprint density at radius 3 is 1.87 bits per heavy atom. The fourth-order valence-corrected chi connectivity index (χ4v) is 9.16. The van der Waals surface area contributed by atoms with Crippen LogP contribution in [0.2, 0.25) is 0 Å². The molecule has 250 valence electrons. The van der Waals surface area contributed by atoms with Crippen molar-refractivity contribution in [1.29, 1.82) is 0 Å². The molecule has 1 heterocycles. The summed E-state index contributed by atoms with van der Waals surface area (Å²) >= 11 is 0. The molecule has 0 saturated carbocycles. The van der Waals surface area contributed by atoms with Gasteiger partial charge in [0.15, 0.2) is 0 Å². The number of hydrogen-bond acceptors (Lipinski definition) is 2. The number of para-hydroxylation sites is 1. The molecule has 0 atom stereocenters. The van der Waals surface area contributed by atoms with Crippen LogP contribution in [-0.4, -0.2) is 0 Å². The SMILES string of the molecule is CC1(C)c2cc3ccccc3cc2-c2cccc(N(c3ccc4c(c3)oc3ccccc34)c3ccc4ccccc4c3-c3cccc4ccccc34)c21. The molecule has 1 aliphatic rings. The van der Waals surface area contributed by atoms with E-state index in [1.165, 1.54) is 71.4 Å². The predicted octanol–water partition coefficient (Wildman–Crippen LogP) is 14.5. The second-order valence-electron chi connectivity index (χ2n) is 14.9. The van der Waals surface area contributed by atoms with Gasteiger partial charge in [0.1, 0.15) is 11.2 Å². The van der Waals surface area contributed by atoms with Gasteiger partial charge in [-0.25, -0.2) is 0 Å². The minimum absolute atomic E-state index is 0.260. The lowest BCUT2D eigenvalue weighted by molar-refractivity contribution is 0.661. The summed E-state index contributed by atoms with van der Waals surface area (Å²) in [6.45, 7) is 4.78. The van der Waals surface area contributed by atoms with Crippen molar-refractivity contribution in [3.8, 4) is 22.3 Å². The maximum absolute atomic E-state index is 6.56. The van der Waals surface area contributed by atoms with Crippen molar-refractivity contribution in [1.82, 2.24) is 0 Å². The van der Waals surface area contributed by atoms with Crippen molar-refractivity contribution >= 4 is 71.3 Å². The van der Waals surface area contributed by atoms with Gasteiger partial charge in [0.2, 0.25) is 0 Å². The summed E-state index contributed by atoms with van der Waals surface area (Å²) < 4.78 is 6.56. The average molecular weight is 678 g/mol. The van der Waals surface area contributed by atoms with Gasteiger partial charge in [-0.1, -0.05) is 141 Å². The number of rotatable bonds is 4. The Hall–Kier alpha value is -6.64. The van der Waals surface area contributed by atoms with E-state index < -0.39 is 0 Å². The molecule has 0 unspecified atom stereocenters. The molecule has 0 amide bonds. The summed E-state index contributed by atoms with van der Waals surface area (Å²) in [5.74, 6) is 0. The number of anilines is 3. The molecule has 2 heteroatoms. The fourth-order valence-electron chi connectivity index (χ4n) is 9.16. The van der Waals surface area contributed by atoms with E-state index in [1.54, 1.807) is 0 Å². The number of fused-ring (bicyclic) bond motifs is 9. The zero-order valence-electron chi connectivity index (χ0n) is 29.6. The van der Waals surface area contributed by atoms with Crippen molar-refractivity contribution in [3.05, 3.63) is 187 Å². The molecular formula is C51H35NO. The van der Waals surface area contributed by atoms with Crippen LogP contribution in [0.25, 0.3) is 76.5 Å². The molecule has 2 nitrogen and oxygen atoms in total. The summed E-state index contributed by atoms with van der Waals surface area (Å²) in [4.78, 5) is 2.50. The van der Waals surface area contributed by atoms with E-state index in [-0.39, 0.29) is 5.41 Å². The van der Waals surface area contributed by atoms with Crippen LogP contribution in [0, 0.1) is 0 Å². The Labute approximate surface area is 308 Å². The normalized spacial score (nSPS) is 13.2. The first-order chi connectivity index (χ1) is 26.0. The van der Waals surface area contributed by atoms with Crippen LogP contribution in [-0.2, 0) is 5.41 Å². The van der Waals surface area contributed by atoms with Crippen LogP contribution >= 0.6 is 0 Å². The van der Waals surface area contributed by atoms with Crippen LogP contribution in [0.3, 0.4) is 0 Å². The van der Waals surface area contributed by atoms with Crippen molar-refractivity contribution < 1.29 is 4.42 Å². The van der Waals surface area contributed by atoms with Crippen molar-refractivity contribution in [3.63, 3.8) is 0 Å². The standard InChI is InChI=1S/C51H35NO/c1-51(2)44-30-35-16-4-3-15-34(35)29-43(44)42-22-12-23-46(50(42)51)52(36-26-27-40-39-20-9-10-24-47(39)53-48(40)31-36)45-28-25-33-14-6-8-19-38(33)49(45)41-21-11-17-32-13-5-7-18-37(32)41/h3-31H,1-2H3. The molecule has 0 N–H and O–H groups in total. The number of hydrogen-bond donors (Lipinski definition) is 0. The summed E-state index contributed by atoms with van der Waals surface area (Å²) in [7, 11) is 0. The van der Waals surface area contributed by atoms with Gasteiger partial charge in [-0.3, -0.25) is 0 Å². The molecule has 0 aliphatic heterocycles. The van der Waals surface area contributed by atoms with Crippen molar-refractivity contribution in [2.45, 2.75) is 19.3 Å². The number of benzene rings is 9. The third kappa shape index (κ3) is 4.39. The van der Waals surface area contributed by atoms with E-state index in [4.69, 9.17) is 4.42 Å². The highest BCUT2D eigenvalue weighted by Gasteiger charge is 2.39. The smallest absolute Gasteiger partial charge is 0.137 e. The van der Waals surface area contributed by atoms with Crippen LogP contribution in [0.4, 0.5) is 17.1 Å². The van der Waals surface area contributed by atoms with Gasteiger partial charge in [0.05, 0.1) is 11.4 Å². The highest BCUT2D eigenvalue weighted by molar-refractivity contribution is 6.13. The van der Waals surface area contributed by atoms with Gasteiger partial charge in [0, 0.05) is 33.5 Å². The van der Waals surface area contributed by atoms with Gasteiger partial charge in [-0.2, -0.15) is 0 Å². The molecule has 53 heavy (non-hydrogen) atoms. The van der Waals surface area contributed by atoms with Crippen molar-refractivity contribution in [2.24, 2.45) is 0 Å². The van der Waals surface area contributed by atoms with Gasteiger partial charge in [-0.05, 0) is 103 Å². The summed E-state index contributed by atoms with van der Waals surface area (Å²) in [5.41, 5.74) is 12.6. The topological polar surface area (TPSA) is 16.4 Å². The Morgan fingerprint density at radius 2 is 1.04 bits per heavy atom. The van der Waals surface area contributed by atoms with Crippen LogP contribution in [0.1, 0.15) is 25.0 Å². The molecule has 10 aromatic rings. The minimum atomic E-state index is -0.260. The minimum Gasteiger partial charge on any atom is -0.456 e. The van der Waals surface area contributed by atoms with E-state index >= 15 is 0 Å². The zero-order chi connectivity index (χ0) is 35.3. The Morgan fingerprint density at radius 1 is 0.415 bits per heavy atom. The van der Waals surface area contributed by atoms with Crippen molar-refractivity contribution in [2.75, 3.05) is 4.90 Å². The molecule has 0 spiro atoms. The molecule has 1 aliphatic carbocycles. The molecule has 11 rings (SSSR count). The average Bonchev–Trinajstić information content (AvgIpc) is 3.68. The molecule has 0 bridgehead atoms. The first kappa shape index (κ1) is 30.0. The monoisotopic (exact) mass is 677 g/mol. The highest BCUT2D eigenvalue weighted by Crippen LogP contribution is 2.56. The highest BCUT2D eigenvalue weighted by atomic mass is 16.3. The van der Waals surface area contributed by atoms with Gasteiger partial charge < -0.3 is 9.32 Å². The van der Waals surface area contributed by atoms with Gasteiger partial charge in [-0.15, -0.1) is 0 Å². The molecule has 0 saturated heterocycles. The lowest BCUT2D eigenvalue weighted by Gasteiger charge is -2.34. The van der Waals surface area contributed by atoms with Crippen LogP contribution in [0.15, 0.2) is 180 Å². The zero-order valence-corrected chi connectivity index (χ0v) is 29.6.